The smallest absolute Gasteiger partial charge is 0.227 e. The quantitative estimate of drug-likeness (QED) is 0.857. The summed E-state index contributed by atoms with van der Waals surface area (Å²) in [7, 11) is 0. The van der Waals surface area contributed by atoms with Crippen LogP contribution < -0.4 is 0 Å². The van der Waals surface area contributed by atoms with Gasteiger partial charge in [-0.3, -0.25) is 4.79 Å². The van der Waals surface area contributed by atoms with Crippen LogP contribution in [0.25, 0.3) is 0 Å². The van der Waals surface area contributed by atoms with Gasteiger partial charge in [0.1, 0.15) is 0 Å². The first-order chi connectivity index (χ1) is 8.46. The Hall–Kier alpha value is -1.43. The molecule has 0 saturated carbocycles. The largest absolute Gasteiger partial charge is 0.388 e. The average Bonchev–Trinajstić information content (AvgIpc) is 2.70. The number of piperidine rings is 1. The number of aryl methyl sites for hydroxylation is 2. The van der Waals surface area contributed by atoms with Crippen LogP contribution in [0.2, 0.25) is 0 Å². The molecular formula is C12H19N3O3. The van der Waals surface area contributed by atoms with Gasteiger partial charge >= 0.3 is 0 Å². The molecule has 1 aliphatic heterocycles. The average molecular weight is 253 g/mol. The molecule has 0 bridgehead atoms. The fraction of sp³-hybridized carbons (Fsp3) is 0.750. The van der Waals surface area contributed by atoms with E-state index in [4.69, 9.17) is 4.52 Å². The van der Waals surface area contributed by atoms with E-state index in [2.05, 4.69) is 10.1 Å². The summed E-state index contributed by atoms with van der Waals surface area (Å²) in [6, 6.07) is 0. The molecule has 6 heteroatoms. The lowest BCUT2D eigenvalue weighted by Gasteiger charge is -2.36. The maximum absolute atomic E-state index is 12.0. The molecule has 1 amide bonds. The number of likely N-dealkylation sites (tertiary alicyclic amines) is 1. The van der Waals surface area contributed by atoms with Gasteiger partial charge in [0.2, 0.25) is 11.8 Å². The Morgan fingerprint density at radius 3 is 3.00 bits per heavy atom. The summed E-state index contributed by atoms with van der Waals surface area (Å²) in [5.41, 5.74) is -0.755. The third kappa shape index (κ3) is 3.29. The fourth-order valence-electron chi connectivity index (χ4n) is 2.25. The monoisotopic (exact) mass is 253 g/mol. The Balaban J connectivity index is 1.84. The van der Waals surface area contributed by atoms with Crippen molar-refractivity contribution in [3.63, 3.8) is 0 Å². The minimum atomic E-state index is -0.755. The minimum absolute atomic E-state index is 0.0332. The third-order valence-electron chi connectivity index (χ3n) is 3.15. The van der Waals surface area contributed by atoms with E-state index in [9.17, 15) is 9.90 Å². The summed E-state index contributed by atoms with van der Waals surface area (Å²) >= 11 is 0. The lowest BCUT2D eigenvalue weighted by molar-refractivity contribution is -0.137. The Bertz CT molecular complexity index is 428. The van der Waals surface area contributed by atoms with E-state index in [0.29, 0.717) is 31.1 Å². The summed E-state index contributed by atoms with van der Waals surface area (Å²) in [6.45, 7) is 4.65. The summed E-state index contributed by atoms with van der Waals surface area (Å²) < 4.78 is 4.96. The zero-order valence-electron chi connectivity index (χ0n) is 10.8. The van der Waals surface area contributed by atoms with Crippen molar-refractivity contribution in [2.45, 2.75) is 45.1 Å². The van der Waals surface area contributed by atoms with E-state index in [1.807, 2.05) is 0 Å². The molecule has 1 unspecified atom stereocenters. The summed E-state index contributed by atoms with van der Waals surface area (Å²) in [5.74, 6) is 1.11. The lowest BCUT2D eigenvalue weighted by atomic mass is 9.95. The van der Waals surface area contributed by atoms with Gasteiger partial charge in [-0.2, -0.15) is 4.98 Å². The van der Waals surface area contributed by atoms with Gasteiger partial charge < -0.3 is 14.5 Å². The number of aliphatic hydroxyl groups is 1. The van der Waals surface area contributed by atoms with Gasteiger partial charge in [-0.15, -0.1) is 0 Å². The van der Waals surface area contributed by atoms with E-state index < -0.39 is 5.60 Å². The molecule has 6 nitrogen and oxygen atoms in total. The topological polar surface area (TPSA) is 79.5 Å². The molecule has 1 fully saturated rings. The standard InChI is InChI=1S/C12H19N3O3/c1-9-13-10(18-14-9)4-5-11(16)15-7-3-6-12(2,17)8-15/h17H,3-8H2,1-2H3. The van der Waals surface area contributed by atoms with Gasteiger partial charge in [-0.1, -0.05) is 5.16 Å². The summed E-state index contributed by atoms with van der Waals surface area (Å²) in [6.07, 6.45) is 2.40. The molecule has 0 spiro atoms. The normalized spacial score (nSPS) is 24.3. The second kappa shape index (κ2) is 5.06. The highest BCUT2D eigenvalue weighted by atomic mass is 16.5. The number of aromatic nitrogens is 2. The Morgan fingerprint density at radius 1 is 1.61 bits per heavy atom. The van der Waals surface area contributed by atoms with Crippen LogP contribution in [0, 0.1) is 6.92 Å². The van der Waals surface area contributed by atoms with E-state index in [-0.39, 0.29) is 5.91 Å². The van der Waals surface area contributed by atoms with Crippen molar-refractivity contribution in [1.29, 1.82) is 0 Å². The number of carbonyl (C=O) groups excluding carboxylic acids is 1. The molecule has 18 heavy (non-hydrogen) atoms. The van der Waals surface area contributed by atoms with Gasteiger partial charge in [0.05, 0.1) is 5.60 Å². The van der Waals surface area contributed by atoms with Crippen molar-refractivity contribution in [3.8, 4) is 0 Å². The molecule has 0 aromatic carbocycles. The molecule has 1 aliphatic rings. The number of hydrogen-bond donors (Lipinski definition) is 1. The Kier molecular flexibility index (Phi) is 3.65. The zero-order chi connectivity index (χ0) is 13.2. The van der Waals surface area contributed by atoms with Gasteiger partial charge in [0.25, 0.3) is 0 Å². The van der Waals surface area contributed by atoms with Crippen LogP contribution in [0.15, 0.2) is 4.52 Å². The molecule has 1 atom stereocenters. The van der Waals surface area contributed by atoms with Gasteiger partial charge in [-0.05, 0) is 26.7 Å². The second-order valence-corrected chi connectivity index (χ2v) is 5.15. The maximum Gasteiger partial charge on any atom is 0.227 e. The van der Waals surface area contributed by atoms with Crippen LogP contribution in [0.5, 0.6) is 0 Å². The molecule has 1 aromatic rings. The van der Waals surface area contributed by atoms with E-state index in [1.54, 1.807) is 18.7 Å². The highest BCUT2D eigenvalue weighted by molar-refractivity contribution is 5.76. The molecule has 1 aromatic heterocycles. The van der Waals surface area contributed by atoms with Crippen molar-refractivity contribution in [2.24, 2.45) is 0 Å². The molecule has 100 valence electrons. The van der Waals surface area contributed by atoms with Crippen molar-refractivity contribution in [1.82, 2.24) is 15.0 Å². The molecule has 1 saturated heterocycles. The van der Waals surface area contributed by atoms with Gasteiger partial charge in [-0.25, -0.2) is 0 Å². The Labute approximate surface area is 106 Å². The van der Waals surface area contributed by atoms with E-state index in [1.165, 1.54) is 0 Å². The van der Waals surface area contributed by atoms with Crippen molar-refractivity contribution >= 4 is 5.91 Å². The summed E-state index contributed by atoms with van der Waals surface area (Å²) in [4.78, 5) is 17.8. The number of rotatable bonds is 3. The number of carbonyl (C=O) groups is 1. The fourth-order valence-corrected chi connectivity index (χ4v) is 2.25. The van der Waals surface area contributed by atoms with Gasteiger partial charge in [0, 0.05) is 25.9 Å². The molecule has 2 rings (SSSR count). The second-order valence-electron chi connectivity index (χ2n) is 5.15. The SMILES string of the molecule is Cc1noc(CCC(=O)N2CCCC(C)(O)C2)n1. The first-order valence-electron chi connectivity index (χ1n) is 6.26. The first kappa shape index (κ1) is 13.0. The minimum Gasteiger partial charge on any atom is -0.388 e. The van der Waals surface area contributed by atoms with Crippen LogP contribution in [0.3, 0.4) is 0 Å². The van der Waals surface area contributed by atoms with Crippen molar-refractivity contribution < 1.29 is 14.4 Å². The van der Waals surface area contributed by atoms with E-state index >= 15 is 0 Å². The zero-order valence-corrected chi connectivity index (χ0v) is 10.8. The molecule has 2 heterocycles. The van der Waals surface area contributed by atoms with Crippen LogP contribution in [0.1, 0.15) is 37.9 Å². The van der Waals surface area contributed by atoms with Crippen molar-refractivity contribution in [2.75, 3.05) is 13.1 Å². The highest BCUT2D eigenvalue weighted by Gasteiger charge is 2.30. The number of amides is 1. The van der Waals surface area contributed by atoms with Gasteiger partial charge in [0.15, 0.2) is 5.82 Å². The number of hydrogen-bond acceptors (Lipinski definition) is 5. The van der Waals surface area contributed by atoms with Crippen LogP contribution in [-0.2, 0) is 11.2 Å². The lowest BCUT2D eigenvalue weighted by Crippen LogP contribution is -2.48. The predicted molar refractivity (Wildman–Crippen MR) is 63.8 cm³/mol. The molecule has 0 aliphatic carbocycles. The number of nitrogens with zero attached hydrogens (tertiary/aromatic N) is 3. The molecular weight excluding hydrogens is 234 g/mol. The van der Waals surface area contributed by atoms with Crippen LogP contribution in [-0.4, -0.2) is 44.7 Å². The molecule has 1 N–H and O–H groups in total. The Morgan fingerprint density at radius 2 is 2.39 bits per heavy atom. The number of β-amino-alcohol motifs (C(OH)–C–C–N with tert-alkyl or cyclic N) is 1. The van der Waals surface area contributed by atoms with E-state index in [0.717, 1.165) is 19.4 Å². The summed E-state index contributed by atoms with van der Waals surface area (Å²) in [5, 5.41) is 13.6. The molecule has 0 radical (unpaired) electrons. The van der Waals surface area contributed by atoms with Crippen molar-refractivity contribution in [3.05, 3.63) is 11.7 Å². The van der Waals surface area contributed by atoms with Crippen LogP contribution >= 0.6 is 0 Å². The maximum atomic E-state index is 12.0. The third-order valence-corrected chi connectivity index (χ3v) is 3.15. The predicted octanol–water partition coefficient (Wildman–Crippen LogP) is 0.684. The first-order valence-corrected chi connectivity index (χ1v) is 6.26. The van der Waals surface area contributed by atoms with Crippen LogP contribution in [0.4, 0.5) is 0 Å². The highest BCUT2D eigenvalue weighted by Crippen LogP contribution is 2.20.